The van der Waals surface area contributed by atoms with Crippen molar-refractivity contribution in [1.82, 2.24) is 10.1 Å². The van der Waals surface area contributed by atoms with Crippen molar-refractivity contribution in [1.29, 1.82) is 0 Å². The average molecular weight is 360 g/mol. The molecule has 3 rings (SSSR count). The van der Waals surface area contributed by atoms with Crippen LogP contribution in [0.15, 0.2) is 34.9 Å². The van der Waals surface area contributed by atoms with E-state index in [0.717, 1.165) is 25.0 Å². The Labute approximate surface area is 153 Å². The van der Waals surface area contributed by atoms with E-state index in [9.17, 15) is 9.18 Å². The van der Waals surface area contributed by atoms with Crippen LogP contribution in [-0.4, -0.2) is 35.7 Å². The van der Waals surface area contributed by atoms with E-state index in [1.807, 2.05) is 4.90 Å². The van der Waals surface area contributed by atoms with Gasteiger partial charge in [-0.2, -0.15) is 0 Å². The van der Waals surface area contributed by atoms with Crippen LogP contribution in [0.25, 0.3) is 0 Å². The molecule has 2 aromatic rings. The van der Waals surface area contributed by atoms with E-state index < -0.39 is 0 Å². The highest BCUT2D eigenvalue weighted by atomic mass is 19.1. The van der Waals surface area contributed by atoms with E-state index in [-0.39, 0.29) is 17.6 Å². The van der Waals surface area contributed by atoms with Gasteiger partial charge in [-0.05, 0) is 49.4 Å². The second-order valence-electron chi connectivity index (χ2n) is 7.30. The molecule has 1 aliphatic rings. The molecular weight excluding hydrogens is 335 g/mol. The van der Waals surface area contributed by atoms with Crippen molar-refractivity contribution in [2.24, 2.45) is 11.8 Å². The third-order valence-corrected chi connectivity index (χ3v) is 4.49. The van der Waals surface area contributed by atoms with Crippen LogP contribution in [0.1, 0.15) is 42.9 Å². The molecule has 0 spiro atoms. The zero-order chi connectivity index (χ0) is 18.5. The normalized spacial score (nSPS) is 17.5. The number of ether oxygens (including phenoxy) is 1. The van der Waals surface area contributed by atoms with Gasteiger partial charge in [0.1, 0.15) is 11.6 Å². The number of aromatic nitrogens is 1. The van der Waals surface area contributed by atoms with Gasteiger partial charge >= 0.3 is 0 Å². The lowest BCUT2D eigenvalue weighted by Crippen LogP contribution is -2.41. The van der Waals surface area contributed by atoms with E-state index in [4.69, 9.17) is 9.26 Å². The van der Waals surface area contributed by atoms with Gasteiger partial charge < -0.3 is 14.2 Å². The van der Waals surface area contributed by atoms with E-state index in [2.05, 4.69) is 19.0 Å². The Kier molecular flexibility index (Phi) is 5.91. The quantitative estimate of drug-likeness (QED) is 0.783. The maximum atomic E-state index is 12.9. The van der Waals surface area contributed by atoms with Crippen LogP contribution >= 0.6 is 0 Å². The molecule has 2 heterocycles. The van der Waals surface area contributed by atoms with E-state index in [1.54, 1.807) is 18.2 Å². The lowest BCUT2D eigenvalue weighted by atomic mass is 9.98. The van der Waals surface area contributed by atoms with Crippen molar-refractivity contribution < 1.29 is 18.4 Å². The van der Waals surface area contributed by atoms with Crippen molar-refractivity contribution >= 4 is 5.91 Å². The smallest absolute Gasteiger partial charge is 0.292 e. The number of nitrogens with zero attached hydrogens (tertiary/aromatic N) is 2. The van der Waals surface area contributed by atoms with E-state index >= 15 is 0 Å². The Morgan fingerprint density at radius 1 is 1.38 bits per heavy atom. The molecule has 0 N–H and O–H groups in total. The fraction of sp³-hybridized carbons (Fsp3) is 0.500. The molecule has 1 aromatic heterocycles. The topological polar surface area (TPSA) is 55.6 Å². The van der Waals surface area contributed by atoms with Gasteiger partial charge in [0.25, 0.3) is 5.91 Å². The minimum absolute atomic E-state index is 0.112. The molecule has 1 aliphatic heterocycles. The van der Waals surface area contributed by atoms with Crippen molar-refractivity contribution in [3.05, 3.63) is 47.6 Å². The predicted molar refractivity (Wildman–Crippen MR) is 95.6 cm³/mol. The largest absolute Gasteiger partial charge is 0.493 e. The molecule has 1 fully saturated rings. The number of rotatable bonds is 6. The Balaban J connectivity index is 1.54. The molecule has 0 radical (unpaired) electrons. The number of piperidine rings is 1. The molecule has 1 saturated heterocycles. The van der Waals surface area contributed by atoms with Gasteiger partial charge in [0, 0.05) is 25.1 Å². The van der Waals surface area contributed by atoms with Gasteiger partial charge in [-0.25, -0.2) is 4.39 Å². The summed E-state index contributed by atoms with van der Waals surface area (Å²) < 4.78 is 23.9. The highest BCUT2D eigenvalue weighted by Gasteiger charge is 2.27. The van der Waals surface area contributed by atoms with Crippen LogP contribution in [0.5, 0.6) is 5.75 Å². The van der Waals surface area contributed by atoms with Crippen LogP contribution in [0.2, 0.25) is 0 Å². The number of halogens is 1. The summed E-state index contributed by atoms with van der Waals surface area (Å²) >= 11 is 0. The van der Waals surface area contributed by atoms with Crippen molar-refractivity contribution in [3.8, 4) is 5.75 Å². The Hall–Kier alpha value is -2.37. The second kappa shape index (κ2) is 8.34. The number of carbonyl (C=O) groups is 1. The lowest BCUT2D eigenvalue weighted by Gasteiger charge is -2.32. The Morgan fingerprint density at radius 3 is 2.88 bits per heavy atom. The van der Waals surface area contributed by atoms with Crippen LogP contribution < -0.4 is 4.74 Å². The number of likely N-dealkylation sites (tertiary alicyclic amines) is 1. The summed E-state index contributed by atoms with van der Waals surface area (Å²) in [5, 5.41) is 4.00. The third-order valence-electron chi connectivity index (χ3n) is 4.49. The van der Waals surface area contributed by atoms with Crippen molar-refractivity contribution in [2.45, 2.75) is 33.1 Å². The molecule has 1 amide bonds. The van der Waals surface area contributed by atoms with Gasteiger partial charge in [-0.3, -0.25) is 4.79 Å². The van der Waals surface area contributed by atoms with Crippen molar-refractivity contribution in [3.63, 3.8) is 0 Å². The summed E-state index contributed by atoms with van der Waals surface area (Å²) in [7, 11) is 0. The summed E-state index contributed by atoms with van der Waals surface area (Å²) in [6.07, 6.45) is 2.72. The highest BCUT2D eigenvalue weighted by molar-refractivity contribution is 5.91. The van der Waals surface area contributed by atoms with E-state index in [0.29, 0.717) is 37.1 Å². The summed E-state index contributed by atoms with van der Waals surface area (Å²) in [4.78, 5) is 14.5. The molecule has 1 aromatic carbocycles. The first-order valence-electron chi connectivity index (χ1n) is 9.14. The predicted octanol–water partition coefficient (Wildman–Crippen LogP) is 3.94. The Bertz CT molecular complexity index is 727. The van der Waals surface area contributed by atoms with Gasteiger partial charge in [-0.15, -0.1) is 0 Å². The average Bonchev–Trinajstić information content (AvgIpc) is 3.08. The zero-order valence-electron chi connectivity index (χ0n) is 15.3. The van der Waals surface area contributed by atoms with Gasteiger partial charge in [-0.1, -0.05) is 19.0 Å². The summed E-state index contributed by atoms with van der Waals surface area (Å²) in [5.41, 5.74) is 0.816. The fourth-order valence-electron chi connectivity index (χ4n) is 3.21. The maximum absolute atomic E-state index is 12.9. The molecule has 26 heavy (non-hydrogen) atoms. The molecule has 0 saturated carbocycles. The summed E-state index contributed by atoms with van der Waals surface area (Å²) in [5.74, 6) is 1.26. The number of carbonyl (C=O) groups excluding carboxylic acids is 1. The van der Waals surface area contributed by atoms with Gasteiger partial charge in [0.2, 0.25) is 5.76 Å². The minimum atomic E-state index is -0.282. The van der Waals surface area contributed by atoms with Gasteiger partial charge in [0.15, 0.2) is 0 Å². The van der Waals surface area contributed by atoms with Crippen LogP contribution in [0, 0.1) is 17.7 Å². The molecule has 0 bridgehead atoms. The summed E-state index contributed by atoms with van der Waals surface area (Å²) in [6, 6.07) is 7.74. The van der Waals surface area contributed by atoms with Gasteiger partial charge in [0.05, 0.1) is 12.3 Å². The van der Waals surface area contributed by atoms with Crippen LogP contribution in [0.3, 0.4) is 0 Å². The second-order valence-corrected chi connectivity index (χ2v) is 7.30. The van der Waals surface area contributed by atoms with E-state index in [1.165, 1.54) is 12.1 Å². The zero-order valence-corrected chi connectivity index (χ0v) is 15.3. The highest BCUT2D eigenvalue weighted by Crippen LogP contribution is 2.21. The fourth-order valence-corrected chi connectivity index (χ4v) is 3.21. The third kappa shape index (κ3) is 4.84. The molecular formula is C20H25FN2O3. The number of amides is 1. The van der Waals surface area contributed by atoms with Crippen LogP contribution in [-0.2, 0) is 6.42 Å². The van der Waals surface area contributed by atoms with Crippen molar-refractivity contribution in [2.75, 3.05) is 19.7 Å². The minimum Gasteiger partial charge on any atom is -0.493 e. The number of hydrogen-bond donors (Lipinski definition) is 0. The first kappa shape index (κ1) is 18.4. The molecule has 0 aliphatic carbocycles. The summed E-state index contributed by atoms with van der Waals surface area (Å²) in [6.45, 7) is 6.05. The van der Waals surface area contributed by atoms with Crippen LogP contribution in [0.4, 0.5) is 4.39 Å². The molecule has 140 valence electrons. The first-order valence-corrected chi connectivity index (χ1v) is 9.14. The molecule has 1 unspecified atom stereocenters. The number of benzene rings is 1. The molecule has 5 nitrogen and oxygen atoms in total. The maximum Gasteiger partial charge on any atom is 0.292 e. The molecule has 1 atom stereocenters. The first-order chi connectivity index (χ1) is 12.5. The SMILES string of the molecule is CC(C)Cc1cc(C(=O)N2CCCC(COc3ccc(F)cc3)C2)on1. The monoisotopic (exact) mass is 360 g/mol. The number of hydrogen-bond acceptors (Lipinski definition) is 4. The Morgan fingerprint density at radius 2 is 2.15 bits per heavy atom. The standard InChI is InChI=1S/C20H25FN2O3/c1-14(2)10-17-11-19(26-22-17)20(24)23-9-3-4-15(12-23)13-25-18-7-5-16(21)6-8-18/h5-8,11,14-15H,3-4,9-10,12-13H2,1-2H3. The molecule has 6 heteroatoms. The lowest BCUT2D eigenvalue weighted by molar-refractivity contribution is 0.0593.